The smallest absolute Gasteiger partial charge is 0.254 e. The first-order chi connectivity index (χ1) is 17.2. The second-order valence-corrected chi connectivity index (χ2v) is 8.41. The van der Waals surface area contributed by atoms with Crippen molar-refractivity contribution < 1.29 is 18.7 Å². The standard InChI is InChI=1S/C29H30N2O4/c1-34-18-9-17-30(29(33)27-16-7-13-24-12-5-6-15-26(24)27)22-28(32)31(21-25-14-8-19-35-25)20-23-10-3-2-4-11-23/h2-8,10-16,19H,9,17-18,20-22H2,1H3. The van der Waals surface area contributed by atoms with Crippen molar-refractivity contribution in [2.24, 2.45) is 0 Å². The van der Waals surface area contributed by atoms with Crippen LogP contribution in [0, 0.1) is 0 Å². The highest BCUT2D eigenvalue weighted by molar-refractivity contribution is 6.07. The van der Waals surface area contributed by atoms with Crippen molar-refractivity contribution in [1.82, 2.24) is 9.80 Å². The van der Waals surface area contributed by atoms with Crippen molar-refractivity contribution in [2.75, 3.05) is 26.8 Å². The molecule has 0 N–H and O–H groups in total. The molecular formula is C29H30N2O4. The van der Waals surface area contributed by atoms with E-state index >= 15 is 0 Å². The summed E-state index contributed by atoms with van der Waals surface area (Å²) in [5.41, 5.74) is 1.60. The molecule has 2 amide bonds. The lowest BCUT2D eigenvalue weighted by Gasteiger charge is -2.28. The molecule has 180 valence electrons. The summed E-state index contributed by atoms with van der Waals surface area (Å²) in [6, 6.07) is 27.0. The summed E-state index contributed by atoms with van der Waals surface area (Å²) >= 11 is 0. The molecule has 0 unspecified atom stereocenters. The molecule has 1 heterocycles. The summed E-state index contributed by atoms with van der Waals surface area (Å²) in [6.07, 6.45) is 2.23. The van der Waals surface area contributed by atoms with Crippen molar-refractivity contribution in [2.45, 2.75) is 19.5 Å². The third-order valence-electron chi connectivity index (χ3n) is 5.91. The van der Waals surface area contributed by atoms with Gasteiger partial charge in [-0.3, -0.25) is 9.59 Å². The van der Waals surface area contributed by atoms with Gasteiger partial charge in [-0.15, -0.1) is 0 Å². The molecule has 1 aromatic heterocycles. The maximum absolute atomic E-state index is 13.7. The van der Waals surface area contributed by atoms with Crippen LogP contribution in [0.25, 0.3) is 10.8 Å². The van der Waals surface area contributed by atoms with Gasteiger partial charge in [0.2, 0.25) is 5.91 Å². The van der Waals surface area contributed by atoms with E-state index in [9.17, 15) is 9.59 Å². The molecule has 0 bridgehead atoms. The largest absolute Gasteiger partial charge is 0.467 e. The van der Waals surface area contributed by atoms with Gasteiger partial charge in [0.1, 0.15) is 12.3 Å². The number of hydrogen-bond donors (Lipinski definition) is 0. The third-order valence-corrected chi connectivity index (χ3v) is 5.91. The number of nitrogens with zero attached hydrogens (tertiary/aromatic N) is 2. The highest BCUT2D eigenvalue weighted by atomic mass is 16.5. The molecule has 0 atom stereocenters. The topological polar surface area (TPSA) is 63.0 Å². The van der Waals surface area contributed by atoms with Gasteiger partial charge >= 0.3 is 0 Å². The van der Waals surface area contributed by atoms with Gasteiger partial charge in [0.05, 0.1) is 12.8 Å². The van der Waals surface area contributed by atoms with Gasteiger partial charge in [-0.25, -0.2) is 0 Å². The minimum Gasteiger partial charge on any atom is -0.467 e. The molecule has 0 spiro atoms. The Balaban J connectivity index is 1.58. The van der Waals surface area contributed by atoms with Gasteiger partial charge in [-0.2, -0.15) is 0 Å². The second-order valence-electron chi connectivity index (χ2n) is 8.41. The van der Waals surface area contributed by atoms with Crippen LogP contribution in [0.3, 0.4) is 0 Å². The number of rotatable bonds is 11. The minimum atomic E-state index is -0.163. The van der Waals surface area contributed by atoms with Crippen LogP contribution in [0.2, 0.25) is 0 Å². The molecule has 35 heavy (non-hydrogen) atoms. The van der Waals surface area contributed by atoms with Gasteiger partial charge in [-0.1, -0.05) is 66.7 Å². The number of ether oxygens (including phenoxy) is 1. The Hall–Kier alpha value is -3.90. The van der Waals surface area contributed by atoms with E-state index in [1.807, 2.05) is 84.9 Å². The van der Waals surface area contributed by atoms with Crippen molar-refractivity contribution >= 4 is 22.6 Å². The lowest BCUT2D eigenvalue weighted by atomic mass is 10.0. The molecule has 0 saturated heterocycles. The zero-order valence-corrected chi connectivity index (χ0v) is 19.9. The molecule has 0 aliphatic carbocycles. The number of carbonyl (C=O) groups is 2. The van der Waals surface area contributed by atoms with Crippen LogP contribution in [0.1, 0.15) is 28.1 Å². The van der Waals surface area contributed by atoms with Crippen molar-refractivity contribution in [3.8, 4) is 0 Å². The number of carbonyl (C=O) groups excluding carboxylic acids is 2. The summed E-state index contributed by atoms with van der Waals surface area (Å²) in [5.74, 6) is 0.390. The highest BCUT2D eigenvalue weighted by Gasteiger charge is 2.24. The Morgan fingerprint density at radius 2 is 1.60 bits per heavy atom. The molecule has 6 nitrogen and oxygen atoms in total. The van der Waals surface area contributed by atoms with Crippen LogP contribution >= 0.6 is 0 Å². The van der Waals surface area contributed by atoms with Crippen LogP contribution in [-0.4, -0.2) is 48.4 Å². The van der Waals surface area contributed by atoms with E-state index in [4.69, 9.17) is 9.15 Å². The first-order valence-corrected chi connectivity index (χ1v) is 11.8. The Bertz CT molecular complexity index is 1230. The Morgan fingerprint density at radius 3 is 2.37 bits per heavy atom. The monoisotopic (exact) mass is 470 g/mol. The van der Waals surface area contributed by atoms with Crippen molar-refractivity contribution in [1.29, 1.82) is 0 Å². The van der Waals surface area contributed by atoms with Gasteiger partial charge in [0.25, 0.3) is 5.91 Å². The number of benzene rings is 3. The maximum atomic E-state index is 13.7. The van der Waals surface area contributed by atoms with Crippen LogP contribution in [0.5, 0.6) is 0 Å². The normalized spacial score (nSPS) is 10.9. The van der Waals surface area contributed by atoms with Gasteiger partial charge < -0.3 is 19.0 Å². The van der Waals surface area contributed by atoms with E-state index in [2.05, 4.69) is 0 Å². The van der Waals surface area contributed by atoms with E-state index in [1.165, 1.54) is 0 Å². The van der Waals surface area contributed by atoms with E-state index in [0.29, 0.717) is 44.0 Å². The summed E-state index contributed by atoms with van der Waals surface area (Å²) < 4.78 is 10.7. The average Bonchev–Trinajstić information content (AvgIpc) is 3.41. The fraction of sp³-hybridized carbons (Fsp3) is 0.241. The first kappa shape index (κ1) is 24.2. The second kappa shape index (κ2) is 12.0. The van der Waals surface area contributed by atoms with E-state index in [0.717, 1.165) is 16.3 Å². The number of methoxy groups -OCH3 is 1. The van der Waals surface area contributed by atoms with Gasteiger partial charge in [0, 0.05) is 32.4 Å². The first-order valence-electron chi connectivity index (χ1n) is 11.8. The lowest BCUT2D eigenvalue weighted by Crippen LogP contribution is -2.43. The summed E-state index contributed by atoms with van der Waals surface area (Å²) in [4.78, 5) is 30.6. The van der Waals surface area contributed by atoms with E-state index < -0.39 is 0 Å². The highest BCUT2D eigenvalue weighted by Crippen LogP contribution is 2.21. The van der Waals surface area contributed by atoms with E-state index in [1.54, 1.807) is 23.2 Å². The molecular weight excluding hydrogens is 440 g/mol. The number of fused-ring (bicyclic) bond motifs is 1. The lowest BCUT2D eigenvalue weighted by molar-refractivity contribution is -0.133. The average molecular weight is 471 g/mol. The molecule has 6 heteroatoms. The molecule has 4 rings (SSSR count). The quantitative estimate of drug-likeness (QED) is 0.285. The molecule has 0 saturated carbocycles. The number of hydrogen-bond acceptors (Lipinski definition) is 4. The van der Waals surface area contributed by atoms with Crippen LogP contribution in [0.4, 0.5) is 0 Å². The molecule has 0 aliphatic heterocycles. The molecule has 3 aromatic carbocycles. The van der Waals surface area contributed by atoms with Crippen molar-refractivity contribution in [3.05, 3.63) is 108 Å². The molecule has 4 aromatic rings. The zero-order valence-electron chi connectivity index (χ0n) is 19.9. The minimum absolute atomic E-state index is 0.0285. The molecule has 0 fully saturated rings. The zero-order chi connectivity index (χ0) is 24.5. The molecule has 0 aliphatic rings. The Kier molecular flexibility index (Phi) is 8.30. The SMILES string of the molecule is COCCCN(CC(=O)N(Cc1ccccc1)Cc1ccco1)C(=O)c1cccc2ccccc12. The van der Waals surface area contributed by atoms with Crippen LogP contribution < -0.4 is 0 Å². The fourth-order valence-corrected chi connectivity index (χ4v) is 4.12. The fourth-order valence-electron chi connectivity index (χ4n) is 4.12. The van der Waals surface area contributed by atoms with E-state index in [-0.39, 0.29) is 18.4 Å². The van der Waals surface area contributed by atoms with Gasteiger partial charge in [-0.05, 0) is 41.0 Å². The third kappa shape index (κ3) is 6.37. The summed E-state index contributed by atoms with van der Waals surface area (Å²) in [7, 11) is 1.63. The predicted molar refractivity (Wildman–Crippen MR) is 136 cm³/mol. The Labute approximate surface area is 205 Å². The maximum Gasteiger partial charge on any atom is 0.254 e. The van der Waals surface area contributed by atoms with Crippen LogP contribution in [0.15, 0.2) is 95.6 Å². The van der Waals surface area contributed by atoms with Crippen molar-refractivity contribution in [3.63, 3.8) is 0 Å². The number of amides is 2. The molecule has 0 radical (unpaired) electrons. The predicted octanol–water partition coefficient (Wildman–Crippen LogP) is 5.14. The van der Waals surface area contributed by atoms with Gasteiger partial charge in [0.15, 0.2) is 0 Å². The number of furan rings is 1. The van der Waals surface area contributed by atoms with Crippen LogP contribution in [-0.2, 0) is 22.6 Å². The Morgan fingerprint density at radius 1 is 0.829 bits per heavy atom. The summed E-state index contributed by atoms with van der Waals surface area (Å²) in [5, 5.41) is 1.87. The summed E-state index contributed by atoms with van der Waals surface area (Å²) in [6.45, 7) is 1.65.